The van der Waals surface area contributed by atoms with E-state index in [4.69, 9.17) is 0 Å². The number of halogens is 1. The Bertz CT molecular complexity index is 588. The van der Waals surface area contributed by atoms with Crippen LogP contribution < -0.4 is 10.6 Å². The lowest BCUT2D eigenvalue weighted by Gasteiger charge is -2.38. The van der Waals surface area contributed by atoms with E-state index in [-0.39, 0.29) is 29.8 Å². The fourth-order valence-electron chi connectivity index (χ4n) is 3.90. The number of aliphatic hydroxyl groups excluding tert-OH is 1. The zero-order valence-electron chi connectivity index (χ0n) is 15.1. The highest BCUT2D eigenvalue weighted by atomic mass is 35.5. The summed E-state index contributed by atoms with van der Waals surface area (Å²) in [7, 11) is 0. The number of carbonyl (C=O) groups excluding carboxylic acids is 1. The molecule has 1 aliphatic carbocycles. The summed E-state index contributed by atoms with van der Waals surface area (Å²) < 4.78 is 1.90. The standard InChI is InChI=1S/C17H29N5O2.ClH/c1-12-15(20-21-22(12)13-6-9-18-10-7-13)16(24)19-11-17(2)8-4-3-5-14(17)23;/h13-14,18,23H,3-11H2,1-2H3,(H,19,24);1H. The molecule has 2 aliphatic rings. The fraction of sp³-hybridized carbons (Fsp3) is 0.824. The second-order valence-electron chi connectivity index (χ2n) is 7.55. The van der Waals surface area contributed by atoms with Gasteiger partial charge >= 0.3 is 0 Å². The average molecular weight is 372 g/mol. The highest BCUT2D eigenvalue weighted by Gasteiger charge is 2.36. The van der Waals surface area contributed by atoms with Crippen molar-refractivity contribution in [3.8, 4) is 0 Å². The first kappa shape index (κ1) is 20.1. The molecule has 2 fully saturated rings. The third-order valence-corrected chi connectivity index (χ3v) is 5.73. The van der Waals surface area contributed by atoms with Crippen molar-refractivity contribution >= 4 is 18.3 Å². The van der Waals surface area contributed by atoms with Gasteiger partial charge in [-0.05, 0) is 45.7 Å². The SMILES string of the molecule is Cc1c(C(=O)NCC2(C)CCCCC2O)nnn1C1CCNCC1.Cl. The van der Waals surface area contributed by atoms with Gasteiger partial charge in [0.25, 0.3) is 5.91 Å². The molecule has 2 atom stereocenters. The monoisotopic (exact) mass is 371 g/mol. The molecule has 1 aromatic heterocycles. The Labute approximate surface area is 155 Å². The number of rotatable bonds is 4. The Kier molecular flexibility index (Phi) is 6.82. The van der Waals surface area contributed by atoms with Crippen molar-refractivity contribution in [2.45, 2.75) is 64.5 Å². The molecule has 0 radical (unpaired) electrons. The van der Waals surface area contributed by atoms with Gasteiger partial charge in [-0.2, -0.15) is 0 Å². The van der Waals surface area contributed by atoms with Crippen LogP contribution in [-0.4, -0.2) is 51.7 Å². The molecule has 3 N–H and O–H groups in total. The molecule has 1 aliphatic heterocycles. The molecule has 142 valence electrons. The molecular formula is C17H30ClN5O2. The van der Waals surface area contributed by atoms with Gasteiger partial charge in [-0.1, -0.05) is 25.0 Å². The number of nitrogens with zero attached hydrogens (tertiary/aromatic N) is 3. The molecule has 3 rings (SSSR count). The minimum atomic E-state index is -0.349. The zero-order chi connectivity index (χ0) is 17.2. The molecule has 7 nitrogen and oxygen atoms in total. The van der Waals surface area contributed by atoms with E-state index in [1.165, 1.54) is 0 Å². The smallest absolute Gasteiger partial charge is 0.273 e. The van der Waals surface area contributed by atoms with Crippen molar-refractivity contribution in [1.29, 1.82) is 0 Å². The van der Waals surface area contributed by atoms with Crippen LogP contribution in [0.5, 0.6) is 0 Å². The fourth-order valence-corrected chi connectivity index (χ4v) is 3.90. The summed E-state index contributed by atoms with van der Waals surface area (Å²) in [6, 6.07) is 0.318. The quantitative estimate of drug-likeness (QED) is 0.747. The van der Waals surface area contributed by atoms with Crippen LogP contribution in [0, 0.1) is 12.3 Å². The van der Waals surface area contributed by atoms with Gasteiger partial charge in [-0.3, -0.25) is 4.79 Å². The maximum atomic E-state index is 12.5. The molecule has 1 saturated heterocycles. The summed E-state index contributed by atoms with van der Waals surface area (Å²) in [6.45, 7) is 6.39. The highest BCUT2D eigenvalue weighted by Crippen LogP contribution is 2.35. The van der Waals surface area contributed by atoms with Crippen LogP contribution in [0.25, 0.3) is 0 Å². The van der Waals surface area contributed by atoms with Crippen molar-refractivity contribution in [3.63, 3.8) is 0 Å². The third kappa shape index (κ3) is 4.33. The molecule has 8 heteroatoms. The number of aliphatic hydroxyl groups is 1. The van der Waals surface area contributed by atoms with E-state index in [9.17, 15) is 9.90 Å². The van der Waals surface area contributed by atoms with Crippen LogP contribution in [0.4, 0.5) is 0 Å². The van der Waals surface area contributed by atoms with E-state index >= 15 is 0 Å². The molecule has 25 heavy (non-hydrogen) atoms. The van der Waals surface area contributed by atoms with Crippen molar-refractivity contribution in [3.05, 3.63) is 11.4 Å². The Morgan fingerprint density at radius 1 is 1.36 bits per heavy atom. The van der Waals surface area contributed by atoms with E-state index in [1.807, 2.05) is 11.6 Å². The molecular weight excluding hydrogens is 342 g/mol. The highest BCUT2D eigenvalue weighted by molar-refractivity contribution is 5.93. The summed E-state index contributed by atoms with van der Waals surface area (Å²) >= 11 is 0. The van der Waals surface area contributed by atoms with E-state index in [0.717, 1.165) is 57.3 Å². The van der Waals surface area contributed by atoms with Crippen molar-refractivity contribution in [2.24, 2.45) is 5.41 Å². The molecule has 0 aromatic carbocycles. The number of piperidine rings is 1. The predicted molar refractivity (Wildman–Crippen MR) is 98.1 cm³/mol. The number of hydrogen-bond acceptors (Lipinski definition) is 5. The van der Waals surface area contributed by atoms with Crippen molar-refractivity contribution in [1.82, 2.24) is 25.6 Å². The Morgan fingerprint density at radius 2 is 2.08 bits per heavy atom. The van der Waals surface area contributed by atoms with Gasteiger partial charge < -0.3 is 15.7 Å². The van der Waals surface area contributed by atoms with Crippen LogP contribution in [0.3, 0.4) is 0 Å². The maximum absolute atomic E-state index is 12.5. The number of aromatic nitrogens is 3. The first-order valence-electron chi connectivity index (χ1n) is 9.10. The predicted octanol–water partition coefficient (Wildman–Crippen LogP) is 1.60. The van der Waals surface area contributed by atoms with Crippen LogP contribution in [0.1, 0.15) is 67.7 Å². The summed E-state index contributed by atoms with van der Waals surface area (Å²) in [4.78, 5) is 12.5. The average Bonchev–Trinajstić information content (AvgIpc) is 2.98. The number of amides is 1. The van der Waals surface area contributed by atoms with Crippen LogP contribution in [-0.2, 0) is 0 Å². The summed E-state index contributed by atoms with van der Waals surface area (Å²) in [5, 5.41) is 24.9. The van der Waals surface area contributed by atoms with Crippen molar-refractivity contribution < 1.29 is 9.90 Å². The summed E-state index contributed by atoms with van der Waals surface area (Å²) in [5.41, 5.74) is 0.989. The summed E-state index contributed by atoms with van der Waals surface area (Å²) in [5.74, 6) is -0.188. The molecule has 0 spiro atoms. The zero-order valence-corrected chi connectivity index (χ0v) is 15.9. The molecule has 0 bridgehead atoms. The second-order valence-corrected chi connectivity index (χ2v) is 7.55. The topological polar surface area (TPSA) is 92.1 Å². The lowest BCUT2D eigenvalue weighted by atomic mass is 9.73. The number of nitrogens with one attached hydrogen (secondary N) is 2. The number of carbonyl (C=O) groups is 1. The van der Waals surface area contributed by atoms with Gasteiger partial charge in [0.1, 0.15) is 0 Å². The lowest BCUT2D eigenvalue weighted by molar-refractivity contribution is 0.00187. The van der Waals surface area contributed by atoms with Crippen LogP contribution in [0.2, 0.25) is 0 Å². The van der Waals surface area contributed by atoms with Crippen LogP contribution >= 0.6 is 12.4 Å². The van der Waals surface area contributed by atoms with Gasteiger partial charge in [0, 0.05) is 12.0 Å². The summed E-state index contributed by atoms with van der Waals surface area (Å²) in [6.07, 6.45) is 5.60. The Balaban J connectivity index is 0.00000225. The molecule has 2 unspecified atom stereocenters. The Hall–Kier alpha value is -1.18. The van der Waals surface area contributed by atoms with Gasteiger partial charge in [-0.15, -0.1) is 17.5 Å². The minimum Gasteiger partial charge on any atom is -0.392 e. The lowest BCUT2D eigenvalue weighted by Crippen LogP contribution is -2.45. The Morgan fingerprint density at radius 3 is 2.76 bits per heavy atom. The first-order chi connectivity index (χ1) is 11.5. The minimum absolute atomic E-state index is 0. The number of hydrogen-bond donors (Lipinski definition) is 3. The molecule has 1 amide bonds. The van der Waals surface area contributed by atoms with E-state index in [2.05, 4.69) is 27.9 Å². The molecule has 2 heterocycles. The third-order valence-electron chi connectivity index (χ3n) is 5.73. The van der Waals surface area contributed by atoms with Gasteiger partial charge in [0.2, 0.25) is 0 Å². The maximum Gasteiger partial charge on any atom is 0.273 e. The van der Waals surface area contributed by atoms with Crippen LogP contribution in [0.15, 0.2) is 0 Å². The van der Waals surface area contributed by atoms with Gasteiger partial charge in [-0.25, -0.2) is 4.68 Å². The van der Waals surface area contributed by atoms with E-state index in [0.29, 0.717) is 18.3 Å². The normalized spacial score (nSPS) is 27.6. The second kappa shape index (κ2) is 8.47. The van der Waals surface area contributed by atoms with E-state index < -0.39 is 0 Å². The van der Waals surface area contributed by atoms with Gasteiger partial charge in [0.05, 0.1) is 17.8 Å². The molecule has 1 saturated carbocycles. The van der Waals surface area contributed by atoms with Crippen molar-refractivity contribution in [2.75, 3.05) is 19.6 Å². The molecule has 1 aromatic rings. The largest absolute Gasteiger partial charge is 0.392 e. The van der Waals surface area contributed by atoms with Gasteiger partial charge in [0.15, 0.2) is 5.69 Å². The first-order valence-corrected chi connectivity index (χ1v) is 9.10. The van der Waals surface area contributed by atoms with E-state index in [1.54, 1.807) is 0 Å².